The third kappa shape index (κ3) is 4.22. The van der Waals surface area contributed by atoms with Crippen molar-refractivity contribution in [1.82, 2.24) is 19.2 Å². The van der Waals surface area contributed by atoms with E-state index < -0.39 is 5.60 Å². The average molecular weight is 479 g/mol. The van der Waals surface area contributed by atoms with Crippen molar-refractivity contribution in [3.05, 3.63) is 52.6 Å². The van der Waals surface area contributed by atoms with Crippen LogP contribution < -0.4 is 5.56 Å². The van der Waals surface area contributed by atoms with Crippen LogP contribution in [0.15, 0.2) is 41.5 Å². The van der Waals surface area contributed by atoms with Gasteiger partial charge in [0.25, 0.3) is 5.56 Å². The summed E-state index contributed by atoms with van der Waals surface area (Å²) in [5.74, 6) is 0. The van der Waals surface area contributed by atoms with E-state index in [1.54, 1.807) is 16.2 Å². The number of pyridine rings is 1. The summed E-state index contributed by atoms with van der Waals surface area (Å²) in [6.45, 7) is 8.87. The highest BCUT2D eigenvalue weighted by molar-refractivity contribution is 7.22. The lowest BCUT2D eigenvalue weighted by atomic mass is 10.0. The summed E-state index contributed by atoms with van der Waals surface area (Å²) in [4.78, 5) is 28.6. The van der Waals surface area contributed by atoms with Gasteiger partial charge in [-0.1, -0.05) is 0 Å². The first kappa shape index (κ1) is 22.7. The summed E-state index contributed by atoms with van der Waals surface area (Å²) in [7, 11) is 1.93. The number of nitrogens with zero attached hydrogens (tertiary/aromatic N) is 4. The van der Waals surface area contributed by atoms with Gasteiger partial charge in [-0.2, -0.15) is 5.10 Å². The molecule has 1 aromatic carbocycles. The number of rotatable bonds is 2. The summed E-state index contributed by atoms with van der Waals surface area (Å²) in [6.07, 6.45) is 5.12. The molecule has 34 heavy (non-hydrogen) atoms. The zero-order valence-corrected chi connectivity index (χ0v) is 21.1. The highest BCUT2D eigenvalue weighted by Crippen LogP contribution is 2.35. The van der Waals surface area contributed by atoms with E-state index in [1.165, 1.54) is 0 Å². The second kappa shape index (κ2) is 8.27. The highest BCUT2D eigenvalue weighted by atomic mass is 32.1. The van der Waals surface area contributed by atoms with Crippen LogP contribution in [-0.2, 0) is 11.8 Å². The van der Waals surface area contributed by atoms with Crippen LogP contribution in [0, 0.1) is 6.92 Å². The lowest BCUT2D eigenvalue weighted by Gasteiger charge is -2.34. The number of hydrogen-bond donors (Lipinski definition) is 0. The molecule has 8 heteroatoms. The molecule has 0 spiro atoms. The molecular weight excluding hydrogens is 448 g/mol. The van der Waals surface area contributed by atoms with Crippen LogP contribution in [-0.4, -0.2) is 44.0 Å². The fourth-order valence-electron chi connectivity index (χ4n) is 4.70. The Morgan fingerprint density at radius 3 is 2.59 bits per heavy atom. The number of hydrogen-bond acceptors (Lipinski definition) is 5. The lowest BCUT2D eigenvalue weighted by Crippen LogP contribution is -2.43. The van der Waals surface area contributed by atoms with Gasteiger partial charge in [0.05, 0.1) is 5.52 Å². The SMILES string of the molecule is Cc1cc(-c2cc3ccn(C4CCN(C(=O)OC(C)(C)C)CC4)c(=O)c3s2)cc2cn(C)nc12. The Hall–Kier alpha value is -3.13. The molecule has 4 aromatic rings. The van der Waals surface area contributed by atoms with E-state index in [4.69, 9.17) is 4.74 Å². The first-order chi connectivity index (χ1) is 16.1. The van der Waals surface area contributed by atoms with Crippen molar-refractivity contribution in [3.8, 4) is 10.4 Å². The predicted molar refractivity (Wildman–Crippen MR) is 137 cm³/mol. The Morgan fingerprint density at radius 2 is 1.88 bits per heavy atom. The quantitative estimate of drug-likeness (QED) is 0.382. The number of ether oxygens (including phenoxy) is 1. The maximum atomic E-state index is 13.4. The number of aromatic nitrogens is 3. The van der Waals surface area contributed by atoms with Crippen molar-refractivity contribution < 1.29 is 9.53 Å². The van der Waals surface area contributed by atoms with Crippen LogP contribution in [0.3, 0.4) is 0 Å². The molecule has 178 valence electrons. The molecule has 0 bridgehead atoms. The van der Waals surface area contributed by atoms with Gasteiger partial charge < -0.3 is 14.2 Å². The smallest absolute Gasteiger partial charge is 0.410 e. The van der Waals surface area contributed by atoms with Gasteiger partial charge in [0, 0.05) is 54.2 Å². The monoisotopic (exact) mass is 478 g/mol. The van der Waals surface area contributed by atoms with Gasteiger partial charge >= 0.3 is 6.09 Å². The second-order valence-corrected chi connectivity index (χ2v) is 11.2. The molecule has 1 amide bonds. The highest BCUT2D eigenvalue weighted by Gasteiger charge is 2.28. The molecule has 0 aliphatic carbocycles. The Kier molecular flexibility index (Phi) is 5.51. The van der Waals surface area contributed by atoms with E-state index in [9.17, 15) is 9.59 Å². The Balaban J connectivity index is 1.40. The van der Waals surface area contributed by atoms with Gasteiger partial charge in [-0.3, -0.25) is 9.48 Å². The zero-order chi connectivity index (χ0) is 24.2. The van der Waals surface area contributed by atoms with Crippen LogP contribution >= 0.6 is 11.3 Å². The molecule has 1 saturated heterocycles. The van der Waals surface area contributed by atoms with Crippen LogP contribution in [0.2, 0.25) is 0 Å². The summed E-state index contributed by atoms with van der Waals surface area (Å²) in [5.41, 5.74) is 2.78. The molecule has 4 heterocycles. The predicted octanol–water partition coefficient (Wildman–Crippen LogP) is 5.50. The van der Waals surface area contributed by atoms with E-state index >= 15 is 0 Å². The van der Waals surface area contributed by atoms with Gasteiger partial charge in [0.2, 0.25) is 0 Å². The number of amides is 1. The number of carbonyl (C=O) groups excluding carboxylic acids is 1. The van der Waals surface area contributed by atoms with Gasteiger partial charge in [-0.05, 0) is 75.9 Å². The third-order valence-electron chi connectivity index (χ3n) is 6.31. The number of thiophene rings is 1. The molecule has 7 nitrogen and oxygen atoms in total. The van der Waals surface area contributed by atoms with E-state index in [1.807, 2.05) is 55.5 Å². The molecule has 0 N–H and O–H groups in total. The van der Waals surface area contributed by atoms with Crippen LogP contribution in [0.5, 0.6) is 0 Å². The first-order valence-electron chi connectivity index (χ1n) is 11.7. The minimum absolute atomic E-state index is 0.0450. The number of likely N-dealkylation sites (tertiary alicyclic amines) is 1. The fourth-order valence-corrected chi connectivity index (χ4v) is 5.78. The van der Waals surface area contributed by atoms with Gasteiger partial charge in [0.15, 0.2) is 0 Å². The van der Waals surface area contributed by atoms with Gasteiger partial charge in [0.1, 0.15) is 10.3 Å². The van der Waals surface area contributed by atoms with Crippen molar-refractivity contribution in [3.63, 3.8) is 0 Å². The van der Waals surface area contributed by atoms with Gasteiger partial charge in [-0.15, -0.1) is 11.3 Å². The zero-order valence-electron chi connectivity index (χ0n) is 20.3. The van der Waals surface area contributed by atoms with Crippen LogP contribution in [0.1, 0.15) is 45.2 Å². The number of piperidine rings is 1. The summed E-state index contributed by atoms with van der Waals surface area (Å²) in [5, 5.41) is 6.61. The molecule has 1 aliphatic heterocycles. The van der Waals surface area contributed by atoms with Crippen molar-refractivity contribution >= 4 is 38.4 Å². The van der Waals surface area contributed by atoms with Crippen LogP contribution in [0.4, 0.5) is 4.79 Å². The van der Waals surface area contributed by atoms with Crippen molar-refractivity contribution in [1.29, 1.82) is 0 Å². The molecule has 0 atom stereocenters. The lowest BCUT2D eigenvalue weighted by molar-refractivity contribution is 0.0187. The first-order valence-corrected chi connectivity index (χ1v) is 12.5. The van der Waals surface area contributed by atoms with E-state index in [-0.39, 0.29) is 17.7 Å². The standard InChI is InChI=1S/C26H30N4O3S/c1-16-12-18(13-19-15-28(5)27-22(16)19)21-14-17-6-11-30(24(31)23(17)34-21)20-7-9-29(10-8-20)25(32)33-26(2,3)4/h6,11-15,20H,7-10H2,1-5H3. The summed E-state index contributed by atoms with van der Waals surface area (Å²) in [6, 6.07) is 8.51. The molecule has 0 unspecified atom stereocenters. The van der Waals surface area contributed by atoms with Crippen LogP contribution in [0.25, 0.3) is 31.4 Å². The minimum atomic E-state index is -0.507. The van der Waals surface area contributed by atoms with E-state index in [2.05, 4.69) is 30.2 Å². The second-order valence-electron chi connectivity index (χ2n) is 10.2. The third-order valence-corrected chi connectivity index (χ3v) is 7.50. The largest absolute Gasteiger partial charge is 0.444 e. The van der Waals surface area contributed by atoms with Crippen molar-refractivity contribution in [2.75, 3.05) is 13.1 Å². The average Bonchev–Trinajstić information content (AvgIpc) is 3.37. The topological polar surface area (TPSA) is 69.4 Å². The summed E-state index contributed by atoms with van der Waals surface area (Å²) >= 11 is 1.55. The molecule has 1 fully saturated rings. The normalized spacial score (nSPS) is 15.4. The molecule has 0 radical (unpaired) electrons. The molecular formula is C26H30N4O3S. The Bertz CT molecular complexity index is 1450. The van der Waals surface area contributed by atoms with Crippen molar-refractivity contribution in [2.45, 2.75) is 52.2 Å². The Morgan fingerprint density at radius 1 is 1.15 bits per heavy atom. The fraction of sp³-hybridized carbons (Fsp3) is 0.423. The van der Waals surface area contributed by atoms with E-state index in [0.717, 1.165) is 49.8 Å². The van der Waals surface area contributed by atoms with Gasteiger partial charge in [-0.25, -0.2) is 4.79 Å². The van der Waals surface area contributed by atoms with E-state index in [0.29, 0.717) is 13.1 Å². The number of carbonyl (C=O) groups is 1. The minimum Gasteiger partial charge on any atom is -0.444 e. The number of aryl methyl sites for hydroxylation is 2. The molecule has 0 saturated carbocycles. The summed E-state index contributed by atoms with van der Waals surface area (Å²) < 4.78 is 9.95. The molecule has 1 aliphatic rings. The molecule has 3 aromatic heterocycles. The maximum Gasteiger partial charge on any atom is 0.410 e. The Labute approximate surface area is 202 Å². The molecule has 5 rings (SSSR count). The van der Waals surface area contributed by atoms with Crippen molar-refractivity contribution in [2.24, 2.45) is 7.05 Å². The number of fused-ring (bicyclic) bond motifs is 2. The maximum absolute atomic E-state index is 13.4. The number of benzene rings is 1.